The van der Waals surface area contributed by atoms with Gasteiger partial charge in [0.1, 0.15) is 10.4 Å². The summed E-state index contributed by atoms with van der Waals surface area (Å²) in [5, 5.41) is 2.83. The summed E-state index contributed by atoms with van der Waals surface area (Å²) in [6.07, 6.45) is -3.04. The van der Waals surface area contributed by atoms with E-state index >= 15 is 0 Å². The third-order valence-corrected chi connectivity index (χ3v) is 3.24. The molecule has 1 heterocycles. The smallest absolute Gasteiger partial charge is 0.379 e. The average molecular weight is 349 g/mol. The van der Waals surface area contributed by atoms with E-state index < -0.39 is 17.6 Å². The molecule has 0 saturated heterocycles. The molecule has 2 rings (SSSR count). The number of nitrogens with one attached hydrogen (secondary N) is 1. The fraction of sp³-hybridized carbons (Fsp3) is 0.154. The Morgan fingerprint density at radius 2 is 1.95 bits per heavy atom. The minimum atomic E-state index is -4.59. The van der Waals surface area contributed by atoms with Crippen LogP contribution >= 0.6 is 15.9 Å². The van der Waals surface area contributed by atoms with Crippen LogP contribution in [0, 0.1) is 5.82 Å². The van der Waals surface area contributed by atoms with Gasteiger partial charge in [-0.3, -0.25) is 0 Å². The number of nitrogens with zero attached hydrogens (tertiary/aromatic N) is 1. The third kappa shape index (κ3) is 3.47. The number of benzene rings is 1. The van der Waals surface area contributed by atoms with Gasteiger partial charge < -0.3 is 5.32 Å². The number of hydrogen-bond acceptors (Lipinski definition) is 2. The monoisotopic (exact) mass is 348 g/mol. The lowest BCUT2D eigenvalue weighted by Gasteiger charge is -2.14. The number of alkyl halides is 3. The molecule has 0 aliphatic rings. The van der Waals surface area contributed by atoms with E-state index in [4.69, 9.17) is 0 Å². The molecule has 0 spiro atoms. The summed E-state index contributed by atoms with van der Waals surface area (Å²) in [6, 6.07) is 5.95. The van der Waals surface area contributed by atoms with Crippen LogP contribution in [0.1, 0.15) is 11.1 Å². The van der Waals surface area contributed by atoms with Crippen LogP contribution < -0.4 is 5.32 Å². The minimum Gasteiger partial charge on any atom is -0.379 e. The molecule has 0 radical (unpaired) electrons. The van der Waals surface area contributed by atoms with Gasteiger partial charge in [-0.05, 0) is 45.8 Å². The van der Waals surface area contributed by atoms with Gasteiger partial charge in [-0.25, -0.2) is 9.37 Å². The van der Waals surface area contributed by atoms with E-state index in [0.717, 1.165) is 12.1 Å². The van der Waals surface area contributed by atoms with E-state index in [0.29, 0.717) is 16.4 Å². The lowest BCUT2D eigenvalue weighted by Crippen LogP contribution is -2.12. The van der Waals surface area contributed by atoms with Gasteiger partial charge in [0.05, 0.1) is 11.3 Å². The molecule has 106 valence electrons. The summed E-state index contributed by atoms with van der Waals surface area (Å²) in [5.41, 5.74) is -0.454. The first-order valence-corrected chi connectivity index (χ1v) is 6.37. The molecule has 0 unspecified atom stereocenters. The molecule has 0 aliphatic carbocycles. The van der Waals surface area contributed by atoms with Gasteiger partial charge in [0, 0.05) is 12.7 Å². The molecule has 0 amide bonds. The van der Waals surface area contributed by atoms with Crippen molar-refractivity contribution in [3.8, 4) is 0 Å². The quantitative estimate of drug-likeness (QED) is 0.646. The van der Waals surface area contributed by atoms with Crippen molar-refractivity contribution in [2.24, 2.45) is 0 Å². The molecule has 0 saturated carbocycles. The standard InChI is InChI=1S/C13H9BrF4N2/c14-12-11(2-1-5-19-12)20-7-8-3-4-9(15)6-10(8)13(16,17)18/h1-6,20H,7H2. The zero-order chi connectivity index (χ0) is 14.8. The Hall–Kier alpha value is -1.63. The van der Waals surface area contributed by atoms with E-state index in [9.17, 15) is 17.6 Å². The molecule has 0 bridgehead atoms. The van der Waals surface area contributed by atoms with Crippen LogP contribution in [-0.4, -0.2) is 4.98 Å². The highest BCUT2D eigenvalue weighted by Gasteiger charge is 2.33. The maximum atomic E-state index is 13.0. The van der Waals surface area contributed by atoms with Crippen LogP contribution in [0.4, 0.5) is 23.2 Å². The molecule has 1 aromatic heterocycles. The van der Waals surface area contributed by atoms with Gasteiger partial charge in [-0.2, -0.15) is 13.2 Å². The maximum absolute atomic E-state index is 13.0. The van der Waals surface area contributed by atoms with E-state index in [1.54, 1.807) is 18.3 Å². The van der Waals surface area contributed by atoms with Crippen molar-refractivity contribution in [2.75, 3.05) is 5.32 Å². The Labute approximate surface area is 121 Å². The fourth-order valence-corrected chi connectivity index (χ4v) is 2.07. The van der Waals surface area contributed by atoms with E-state index in [1.807, 2.05) is 0 Å². The Kier molecular flexibility index (Phi) is 4.27. The fourth-order valence-electron chi connectivity index (χ4n) is 1.68. The number of anilines is 1. The predicted molar refractivity (Wildman–Crippen MR) is 70.7 cm³/mol. The molecular weight excluding hydrogens is 340 g/mol. The van der Waals surface area contributed by atoms with Crippen LogP contribution in [0.5, 0.6) is 0 Å². The van der Waals surface area contributed by atoms with Gasteiger partial charge in [-0.1, -0.05) is 6.07 Å². The van der Waals surface area contributed by atoms with Crippen LogP contribution in [0.2, 0.25) is 0 Å². The maximum Gasteiger partial charge on any atom is 0.416 e. The predicted octanol–water partition coefficient (Wildman–Crippen LogP) is 4.61. The molecule has 0 atom stereocenters. The molecule has 2 aromatic rings. The third-order valence-electron chi connectivity index (χ3n) is 2.61. The van der Waals surface area contributed by atoms with Crippen LogP contribution in [0.3, 0.4) is 0 Å². The van der Waals surface area contributed by atoms with Crippen molar-refractivity contribution in [1.29, 1.82) is 0 Å². The molecule has 0 fully saturated rings. The molecule has 20 heavy (non-hydrogen) atoms. The molecule has 1 N–H and O–H groups in total. The zero-order valence-electron chi connectivity index (χ0n) is 10.0. The number of rotatable bonds is 3. The topological polar surface area (TPSA) is 24.9 Å². The van der Waals surface area contributed by atoms with Crippen molar-refractivity contribution < 1.29 is 17.6 Å². The van der Waals surface area contributed by atoms with Crippen molar-refractivity contribution in [3.05, 3.63) is 58.1 Å². The van der Waals surface area contributed by atoms with Gasteiger partial charge >= 0.3 is 6.18 Å². The molecule has 0 aliphatic heterocycles. The van der Waals surface area contributed by atoms with Crippen molar-refractivity contribution in [3.63, 3.8) is 0 Å². The highest BCUT2D eigenvalue weighted by atomic mass is 79.9. The van der Waals surface area contributed by atoms with Crippen LogP contribution in [0.25, 0.3) is 0 Å². The Morgan fingerprint density at radius 1 is 1.20 bits per heavy atom. The Bertz CT molecular complexity index is 614. The van der Waals surface area contributed by atoms with E-state index in [2.05, 4.69) is 26.2 Å². The Balaban J connectivity index is 2.24. The lowest BCUT2D eigenvalue weighted by atomic mass is 10.1. The number of pyridine rings is 1. The van der Waals surface area contributed by atoms with Gasteiger partial charge in [-0.15, -0.1) is 0 Å². The lowest BCUT2D eigenvalue weighted by molar-refractivity contribution is -0.138. The zero-order valence-corrected chi connectivity index (χ0v) is 11.6. The molecule has 1 aromatic carbocycles. The Morgan fingerprint density at radius 3 is 2.60 bits per heavy atom. The van der Waals surface area contributed by atoms with Crippen LogP contribution in [-0.2, 0) is 12.7 Å². The van der Waals surface area contributed by atoms with Gasteiger partial charge in [0.25, 0.3) is 0 Å². The SMILES string of the molecule is Fc1ccc(CNc2cccnc2Br)c(C(F)(F)F)c1. The van der Waals surface area contributed by atoms with Crippen molar-refractivity contribution in [1.82, 2.24) is 4.98 Å². The molecular formula is C13H9BrF4N2. The molecule has 7 heteroatoms. The summed E-state index contributed by atoms with van der Waals surface area (Å²) < 4.78 is 51.9. The first kappa shape index (κ1) is 14.8. The first-order chi connectivity index (χ1) is 9.38. The van der Waals surface area contributed by atoms with Crippen molar-refractivity contribution >= 4 is 21.6 Å². The van der Waals surface area contributed by atoms with E-state index in [-0.39, 0.29) is 12.1 Å². The number of hydrogen-bond donors (Lipinski definition) is 1. The van der Waals surface area contributed by atoms with E-state index in [1.165, 1.54) is 0 Å². The largest absolute Gasteiger partial charge is 0.416 e. The highest BCUT2D eigenvalue weighted by molar-refractivity contribution is 9.10. The summed E-state index contributed by atoms with van der Waals surface area (Å²) in [4.78, 5) is 3.95. The summed E-state index contributed by atoms with van der Waals surface area (Å²) >= 11 is 3.18. The second-order valence-electron chi connectivity index (χ2n) is 3.99. The second-order valence-corrected chi connectivity index (χ2v) is 4.75. The number of halogens is 5. The normalized spacial score (nSPS) is 11.4. The highest BCUT2D eigenvalue weighted by Crippen LogP contribution is 2.33. The molecule has 2 nitrogen and oxygen atoms in total. The first-order valence-electron chi connectivity index (χ1n) is 5.58. The average Bonchev–Trinajstić information content (AvgIpc) is 2.38. The van der Waals surface area contributed by atoms with Gasteiger partial charge in [0.15, 0.2) is 0 Å². The summed E-state index contributed by atoms with van der Waals surface area (Å²) in [6.45, 7) is -0.0839. The minimum absolute atomic E-state index is 0.0327. The number of aromatic nitrogens is 1. The summed E-state index contributed by atoms with van der Waals surface area (Å²) in [5.74, 6) is -0.913. The van der Waals surface area contributed by atoms with Crippen LogP contribution in [0.15, 0.2) is 41.1 Å². The summed E-state index contributed by atoms with van der Waals surface area (Å²) in [7, 11) is 0. The van der Waals surface area contributed by atoms with Gasteiger partial charge in [0.2, 0.25) is 0 Å². The van der Waals surface area contributed by atoms with Crippen molar-refractivity contribution in [2.45, 2.75) is 12.7 Å². The second kappa shape index (κ2) is 5.78.